The molecular formula is C14H22O6. The lowest BCUT2D eigenvalue weighted by Gasteiger charge is -2.07. The van der Waals surface area contributed by atoms with E-state index in [0.717, 1.165) is 0 Å². The fraction of sp³-hybridized carbons (Fsp3) is 0.571. The Kier molecular flexibility index (Phi) is 10.3. The highest BCUT2D eigenvalue weighted by Gasteiger charge is 2.03. The van der Waals surface area contributed by atoms with E-state index in [4.69, 9.17) is 18.9 Å². The summed E-state index contributed by atoms with van der Waals surface area (Å²) in [6.45, 7) is 11.8. The average Bonchev–Trinajstić information content (AvgIpc) is 2.39. The van der Waals surface area contributed by atoms with Gasteiger partial charge in [0.1, 0.15) is 13.2 Å². The first-order chi connectivity index (χ1) is 9.45. The molecule has 0 N–H and O–H groups in total. The Morgan fingerprint density at radius 3 is 1.30 bits per heavy atom. The van der Waals surface area contributed by atoms with Crippen molar-refractivity contribution < 1.29 is 28.5 Å². The molecule has 0 aromatic heterocycles. The summed E-state index contributed by atoms with van der Waals surface area (Å²) >= 11 is 0. The third kappa shape index (κ3) is 10.3. The van der Waals surface area contributed by atoms with Crippen LogP contribution in [0.2, 0.25) is 0 Å². The molecular weight excluding hydrogens is 264 g/mol. The Morgan fingerprint density at radius 2 is 1.00 bits per heavy atom. The van der Waals surface area contributed by atoms with Crippen LogP contribution in [0.1, 0.15) is 13.8 Å². The monoisotopic (exact) mass is 286 g/mol. The van der Waals surface area contributed by atoms with E-state index in [0.29, 0.717) is 37.6 Å². The summed E-state index contributed by atoms with van der Waals surface area (Å²) in [5, 5.41) is 0. The Labute approximate surface area is 119 Å². The van der Waals surface area contributed by atoms with Gasteiger partial charge in [-0.2, -0.15) is 0 Å². The van der Waals surface area contributed by atoms with Crippen LogP contribution in [0.3, 0.4) is 0 Å². The molecule has 20 heavy (non-hydrogen) atoms. The number of rotatable bonds is 11. The second-order valence-corrected chi connectivity index (χ2v) is 4.06. The maximum Gasteiger partial charge on any atom is 0.333 e. The van der Waals surface area contributed by atoms with Crippen LogP contribution in [-0.4, -0.2) is 51.6 Å². The van der Waals surface area contributed by atoms with Crippen molar-refractivity contribution in [1.82, 2.24) is 0 Å². The molecule has 0 heterocycles. The largest absolute Gasteiger partial charge is 0.460 e. The van der Waals surface area contributed by atoms with Crippen LogP contribution in [0.15, 0.2) is 24.3 Å². The Balaban J connectivity index is 3.25. The predicted octanol–water partition coefficient (Wildman–Crippen LogP) is 1.26. The van der Waals surface area contributed by atoms with Crippen molar-refractivity contribution in [3.63, 3.8) is 0 Å². The molecule has 0 aromatic rings. The molecule has 0 amide bonds. The average molecular weight is 286 g/mol. The molecule has 0 saturated carbocycles. The molecule has 0 aliphatic carbocycles. The molecule has 0 spiro atoms. The van der Waals surface area contributed by atoms with Crippen LogP contribution in [0, 0.1) is 0 Å². The minimum Gasteiger partial charge on any atom is -0.460 e. The summed E-state index contributed by atoms with van der Waals surface area (Å²) in [6, 6.07) is 0. The molecule has 0 atom stereocenters. The molecule has 0 aliphatic heterocycles. The van der Waals surface area contributed by atoms with Gasteiger partial charge in [-0.3, -0.25) is 0 Å². The van der Waals surface area contributed by atoms with Gasteiger partial charge in [0.25, 0.3) is 0 Å². The van der Waals surface area contributed by atoms with Gasteiger partial charge in [0.05, 0.1) is 26.4 Å². The van der Waals surface area contributed by atoms with Crippen LogP contribution in [0.25, 0.3) is 0 Å². The van der Waals surface area contributed by atoms with E-state index in [9.17, 15) is 9.59 Å². The standard InChI is InChI=1S/C14H22O6/c1-11(2)13(15)19-9-7-17-5-6-18-8-10-20-14(16)12(3)4/h1,3,5-10H2,2,4H3. The normalized spacial score (nSPS) is 9.90. The van der Waals surface area contributed by atoms with E-state index in [2.05, 4.69) is 13.2 Å². The summed E-state index contributed by atoms with van der Waals surface area (Å²) in [4.78, 5) is 22.0. The summed E-state index contributed by atoms with van der Waals surface area (Å²) in [7, 11) is 0. The summed E-state index contributed by atoms with van der Waals surface area (Å²) in [5.41, 5.74) is 0.718. The quantitative estimate of drug-likeness (QED) is 0.323. The summed E-state index contributed by atoms with van der Waals surface area (Å²) in [5.74, 6) is -0.853. The number of hydrogen-bond donors (Lipinski definition) is 0. The second-order valence-electron chi connectivity index (χ2n) is 4.06. The molecule has 0 aliphatic rings. The second kappa shape index (κ2) is 11.2. The summed E-state index contributed by atoms with van der Waals surface area (Å²) in [6.07, 6.45) is 0. The third-order valence-electron chi connectivity index (χ3n) is 1.99. The number of ether oxygens (including phenoxy) is 4. The van der Waals surface area contributed by atoms with E-state index in [-0.39, 0.29) is 13.2 Å². The fourth-order valence-electron chi connectivity index (χ4n) is 0.955. The van der Waals surface area contributed by atoms with Gasteiger partial charge in [0.15, 0.2) is 0 Å². The molecule has 6 heteroatoms. The first-order valence-corrected chi connectivity index (χ1v) is 6.26. The Bertz CT molecular complexity index is 314. The SMILES string of the molecule is C=C(C)C(=O)OCCOCCOCCOC(=O)C(=C)C. The zero-order valence-electron chi connectivity index (χ0n) is 12.1. The molecule has 0 aromatic carbocycles. The van der Waals surface area contributed by atoms with E-state index in [1.807, 2.05) is 0 Å². The van der Waals surface area contributed by atoms with Crippen molar-refractivity contribution in [2.75, 3.05) is 39.6 Å². The lowest BCUT2D eigenvalue weighted by molar-refractivity contribution is -0.142. The van der Waals surface area contributed by atoms with Crippen LogP contribution >= 0.6 is 0 Å². The summed E-state index contributed by atoms with van der Waals surface area (Å²) < 4.78 is 20.0. The zero-order chi connectivity index (χ0) is 15.4. The minimum absolute atomic E-state index is 0.182. The van der Waals surface area contributed by atoms with Crippen molar-refractivity contribution in [1.29, 1.82) is 0 Å². The van der Waals surface area contributed by atoms with Crippen molar-refractivity contribution in [2.24, 2.45) is 0 Å². The molecule has 114 valence electrons. The topological polar surface area (TPSA) is 71.1 Å². The molecule has 0 unspecified atom stereocenters. The molecule has 0 fully saturated rings. The third-order valence-corrected chi connectivity index (χ3v) is 1.99. The maximum absolute atomic E-state index is 11.0. The minimum atomic E-state index is -0.427. The predicted molar refractivity (Wildman–Crippen MR) is 73.2 cm³/mol. The number of esters is 2. The van der Waals surface area contributed by atoms with Gasteiger partial charge in [-0.1, -0.05) is 13.2 Å². The highest BCUT2D eigenvalue weighted by molar-refractivity contribution is 5.87. The maximum atomic E-state index is 11.0. The lowest BCUT2D eigenvalue weighted by Crippen LogP contribution is -2.15. The Hall–Kier alpha value is -1.66. The molecule has 0 bridgehead atoms. The smallest absolute Gasteiger partial charge is 0.333 e. The number of carbonyl (C=O) groups is 2. The molecule has 0 radical (unpaired) electrons. The Morgan fingerprint density at radius 1 is 0.700 bits per heavy atom. The molecule has 6 nitrogen and oxygen atoms in total. The van der Waals surface area contributed by atoms with Gasteiger partial charge in [-0.15, -0.1) is 0 Å². The van der Waals surface area contributed by atoms with E-state index in [1.165, 1.54) is 0 Å². The van der Waals surface area contributed by atoms with E-state index in [1.54, 1.807) is 13.8 Å². The van der Waals surface area contributed by atoms with Gasteiger partial charge < -0.3 is 18.9 Å². The van der Waals surface area contributed by atoms with Crippen molar-refractivity contribution >= 4 is 11.9 Å². The lowest BCUT2D eigenvalue weighted by atomic mass is 10.4. The highest BCUT2D eigenvalue weighted by Crippen LogP contribution is 1.92. The first kappa shape index (κ1) is 18.3. The van der Waals surface area contributed by atoms with Gasteiger partial charge >= 0.3 is 11.9 Å². The van der Waals surface area contributed by atoms with Crippen molar-refractivity contribution in [2.45, 2.75) is 13.8 Å². The van der Waals surface area contributed by atoms with Crippen molar-refractivity contribution in [3.8, 4) is 0 Å². The van der Waals surface area contributed by atoms with Gasteiger partial charge in [-0.25, -0.2) is 9.59 Å². The highest BCUT2D eigenvalue weighted by atomic mass is 16.6. The van der Waals surface area contributed by atoms with Crippen molar-refractivity contribution in [3.05, 3.63) is 24.3 Å². The van der Waals surface area contributed by atoms with Crippen LogP contribution in [0.4, 0.5) is 0 Å². The van der Waals surface area contributed by atoms with Crippen LogP contribution < -0.4 is 0 Å². The van der Waals surface area contributed by atoms with Gasteiger partial charge in [0, 0.05) is 11.1 Å². The fourth-order valence-corrected chi connectivity index (χ4v) is 0.955. The first-order valence-electron chi connectivity index (χ1n) is 6.26. The van der Waals surface area contributed by atoms with Crippen LogP contribution in [-0.2, 0) is 28.5 Å². The number of hydrogen-bond acceptors (Lipinski definition) is 6. The van der Waals surface area contributed by atoms with Gasteiger partial charge in [0.2, 0.25) is 0 Å². The molecule has 0 rings (SSSR count). The number of carbonyl (C=O) groups excluding carboxylic acids is 2. The van der Waals surface area contributed by atoms with Gasteiger partial charge in [-0.05, 0) is 13.8 Å². The van der Waals surface area contributed by atoms with Crippen LogP contribution in [0.5, 0.6) is 0 Å². The van der Waals surface area contributed by atoms with E-state index < -0.39 is 11.9 Å². The van der Waals surface area contributed by atoms with E-state index >= 15 is 0 Å². The zero-order valence-corrected chi connectivity index (χ0v) is 12.1. The molecule has 0 saturated heterocycles.